The third kappa shape index (κ3) is 4.25. The molecule has 0 amide bonds. The van der Waals surface area contributed by atoms with E-state index in [4.69, 9.17) is 11.6 Å². The van der Waals surface area contributed by atoms with Crippen LogP contribution in [-0.4, -0.2) is 22.0 Å². The highest BCUT2D eigenvalue weighted by atomic mass is 35.5. The standard InChI is InChI=1S/C20H17ClF3NO3/c1-11-6-16-15(8-19(26)27)12(2)25(18(16)9-17(11)21)10-13-4-3-5-14(7-13)28-20(22,23)24/h3-7,9H,8,10H2,1-2H3,(H,26,27). The number of nitrogens with zero attached hydrogens (tertiary/aromatic N) is 1. The van der Waals surface area contributed by atoms with Crippen LogP contribution in [-0.2, 0) is 17.8 Å². The van der Waals surface area contributed by atoms with Crippen molar-refractivity contribution in [1.29, 1.82) is 0 Å². The van der Waals surface area contributed by atoms with Gasteiger partial charge in [-0.3, -0.25) is 4.79 Å². The molecule has 0 saturated heterocycles. The summed E-state index contributed by atoms with van der Waals surface area (Å²) in [5, 5.41) is 10.6. The topological polar surface area (TPSA) is 51.5 Å². The van der Waals surface area contributed by atoms with Crippen LogP contribution in [0.4, 0.5) is 13.2 Å². The number of carboxylic acid groups (broad SMARTS) is 1. The van der Waals surface area contributed by atoms with Gasteiger partial charge in [-0.2, -0.15) is 0 Å². The van der Waals surface area contributed by atoms with E-state index >= 15 is 0 Å². The van der Waals surface area contributed by atoms with Crippen LogP contribution in [0.15, 0.2) is 36.4 Å². The van der Waals surface area contributed by atoms with E-state index < -0.39 is 12.3 Å². The molecule has 0 aliphatic heterocycles. The molecule has 0 saturated carbocycles. The van der Waals surface area contributed by atoms with Crippen LogP contribution in [0.2, 0.25) is 5.02 Å². The summed E-state index contributed by atoms with van der Waals surface area (Å²) in [6, 6.07) is 9.29. The van der Waals surface area contributed by atoms with Gasteiger partial charge in [0, 0.05) is 22.6 Å². The van der Waals surface area contributed by atoms with Gasteiger partial charge in [-0.25, -0.2) is 0 Å². The quantitative estimate of drug-likeness (QED) is 0.604. The zero-order valence-corrected chi connectivity index (χ0v) is 15.9. The van der Waals surface area contributed by atoms with Crippen molar-refractivity contribution in [3.05, 3.63) is 63.8 Å². The van der Waals surface area contributed by atoms with Crippen molar-refractivity contribution in [1.82, 2.24) is 4.57 Å². The van der Waals surface area contributed by atoms with Gasteiger partial charge in [-0.1, -0.05) is 23.7 Å². The van der Waals surface area contributed by atoms with E-state index in [0.29, 0.717) is 16.1 Å². The van der Waals surface area contributed by atoms with E-state index in [1.807, 2.05) is 17.6 Å². The fourth-order valence-electron chi connectivity index (χ4n) is 3.28. The number of ether oxygens (including phenoxy) is 1. The molecule has 1 N–H and O–H groups in total. The van der Waals surface area contributed by atoms with Crippen molar-refractivity contribution < 1.29 is 27.8 Å². The third-order valence-electron chi connectivity index (χ3n) is 4.54. The van der Waals surface area contributed by atoms with Crippen LogP contribution in [0.3, 0.4) is 0 Å². The average Bonchev–Trinajstić information content (AvgIpc) is 2.79. The number of rotatable bonds is 5. The SMILES string of the molecule is Cc1cc2c(CC(=O)O)c(C)n(Cc3cccc(OC(F)(F)F)c3)c2cc1Cl. The molecule has 3 rings (SSSR count). The largest absolute Gasteiger partial charge is 0.573 e. The maximum Gasteiger partial charge on any atom is 0.573 e. The molecule has 8 heteroatoms. The van der Waals surface area contributed by atoms with Gasteiger partial charge in [0.2, 0.25) is 0 Å². The van der Waals surface area contributed by atoms with Crippen LogP contribution in [0.25, 0.3) is 10.9 Å². The number of halogens is 4. The number of fused-ring (bicyclic) bond motifs is 1. The van der Waals surface area contributed by atoms with Gasteiger partial charge in [-0.15, -0.1) is 13.2 Å². The molecule has 1 heterocycles. The number of aryl methyl sites for hydroxylation is 1. The molecule has 1 aromatic heterocycles. The summed E-state index contributed by atoms with van der Waals surface area (Å²) in [6.07, 6.45) is -4.93. The number of hydrogen-bond acceptors (Lipinski definition) is 2. The van der Waals surface area contributed by atoms with E-state index in [9.17, 15) is 23.1 Å². The number of aliphatic carboxylic acids is 1. The number of benzene rings is 2. The fraction of sp³-hybridized carbons (Fsp3) is 0.250. The molecular weight excluding hydrogens is 395 g/mol. The van der Waals surface area contributed by atoms with Gasteiger partial charge >= 0.3 is 12.3 Å². The maximum atomic E-state index is 12.5. The lowest BCUT2D eigenvalue weighted by Gasteiger charge is -2.12. The molecule has 4 nitrogen and oxygen atoms in total. The summed E-state index contributed by atoms with van der Waals surface area (Å²) in [5.41, 5.74) is 3.51. The molecule has 148 valence electrons. The Hall–Kier alpha value is -2.67. The van der Waals surface area contributed by atoms with E-state index in [2.05, 4.69) is 4.74 Å². The summed E-state index contributed by atoms with van der Waals surface area (Å²) in [4.78, 5) is 11.3. The second kappa shape index (κ2) is 7.39. The molecule has 0 aliphatic carbocycles. The fourth-order valence-corrected chi connectivity index (χ4v) is 3.43. The molecule has 0 fully saturated rings. The van der Waals surface area contributed by atoms with Crippen molar-refractivity contribution in [2.24, 2.45) is 0 Å². The summed E-state index contributed by atoms with van der Waals surface area (Å²) in [6.45, 7) is 3.87. The van der Waals surface area contributed by atoms with Crippen molar-refractivity contribution in [3.63, 3.8) is 0 Å². The first-order chi connectivity index (χ1) is 13.0. The van der Waals surface area contributed by atoms with Crippen molar-refractivity contribution in [3.8, 4) is 5.75 Å². The monoisotopic (exact) mass is 411 g/mol. The second-order valence-electron chi connectivity index (χ2n) is 6.53. The van der Waals surface area contributed by atoms with Gasteiger partial charge in [0.15, 0.2) is 0 Å². The first kappa shape index (κ1) is 20.1. The number of aromatic nitrogens is 1. The lowest BCUT2D eigenvalue weighted by atomic mass is 10.1. The van der Waals surface area contributed by atoms with Gasteiger partial charge in [0.05, 0.1) is 11.9 Å². The summed E-state index contributed by atoms with van der Waals surface area (Å²) < 4.78 is 43.3. The predicted octanol–water partition coefficient (Wildman–Crippen LogP) is 5.49. The highest BCUT2D eigenvalue weighted by Crippen LogP contribution is 2.32. The minimum absolute atomic E-state index is 0.159. The molecule has 0 radical (unpaired) electrons. The predicted molar refractivity (Wildman–Crippen MR) is 100.0 cm³/mol. The van der Waals surface area contributed by atoms with Crippen molar-refractivity contribution in [2.45, 2.75) is 33.2 Å². The summed E-state index contributed by atoms with van der Waals surface area (Å²) in [5.74, 6) is -1.27. The minimum Gasteiger partial charge on any atom is -0.481 e. The Balaban J connectivity index is 2.08. The number of alkyl halides is 3. The summed E-state index contributed by atoms with van der Waals surface area (Å²) in [7, 11) is 0. The Bertz CT molecular complexity index is 1060. The van der Waals surface area contributed by atoms with Gasteiger partial charge in [-0.05, 0) is 54.8 Å². The van der Waals surface area contributed by atoms with Gasteiger partial charge in [0.25, 0.3) is 0 Å². The van der Waals surface area contributed by atoms with Crippen molar-refractivity contribution in [2.75, 3.05) is 0 Å². The number of hydrogen-bond donors (Lipinski definition) is 1. The molecule has 28 heavy (non-hydrogen) atoms. The Morgan fingerprint density at radius 2 is 1.93 bits per heavy atom. The average molecular weight is 412 g/mol. The van der Waals surface area contributed by atoms with Crippen LogP contribution < -0.4 is 4.74 Å². The second-order valence-corrected chi connectivity index (χ2v) is 6.94. The lowest BCUT2D eigenvalue weighted by Crippen LogP contribution is -2.17. The molecule has 0 aliphatic rings. The first-order valence-corrected chi connectivity index (χ1v) is 8.77. The molecular formula is C20H17ClF3NO3. The zero-order valence-electron chi connectivity index (χ0n) is 15.1. The zero-order chi connectivity index (χ0) is 20.6. The Morgan fingerprint density at radius 1 is 1.21 bits per heavy atom. The van der Waals surface area contributed by atoms with E-state index in [1.165, 1.54) is 18.2 Å². The first-order valence-electron chi connectivity index (χ1n) is 8.39. The molecule has 2 aromatic carbocycles. The normalized spacial score (nSPS) is 11.8. The van der Waals surface area contributed by atoms with Crippen LogP contribution in [0, 0.1) is 13.8 Å². The van der Waals surface area contributed by atoms with Crippen LogP contribution >= 0.6 is 11.6 Å². The van der Waals surface area contributed by atoms with Crippen LogP contribution in [0.5, 0.6) is 5.75 Å². The van der Waals surface area contributed by atoms with E-state index in [0.717, 1.165) is 22.2 Å². The van der Waals surface area contributed by atoms with E-state index in [-0.39, 0.29) is 18.7 Å². The molecule has 3 aromatic rings. The van der Waals surface area contributed by atoms with Gasteiger partial charge < -0.3 is 14.4 Å². The lowest BCUT2D eigenvalue weighted by molar-refractivity contribution is -0.274. The molecule has 0 bridgehead atoms. The van der Waals surface area contributed by atoms with Gasteiger partial charge in [0.1, 0.15) is 5.75 Å². The molecule has 0 spiro atoms. The maximum absolute atomic E-state index is 12.5. The molecule has 0 atom stereocenters. The minimum atomic E-state index is -4.77. The highest BCUT2D eigenvalue weighted by molar-refractivity contribution is 6.32. The highest BCUT2D eigenvalue weighted by Gasteiger charge is 2.31. The van der Waals surface area contributed by atoms with Crippen molar-refractivity contribution >= 4 is 28.5 Å². The summed E-state index contributed by atoms with van der Waals surface area (Å²) >= 11 is 6.25. The molecule has 0 unspecified atom stereocenters. The number of carboxylic acids is 1. The number of carbonyl (C=O) groups is 1. The van der Waals surface area contributed by atoms with Crippen LogP contribution in [0.1, 0.15) is 22.4 Å². The Labute approximate surface area is 164 Å². The van der Waals surface area contributed by atoms with E-state index in [1.54, 1.807) is 19.1 Å². The third-order valence-corrected chi connectivity index (χ3v) is 4.94. The Morgan fingerprint density at radius 3 is 2.57 bits per heavy atom. The smallest absolute Gasteiger partial charge is 0.481 e. The Kier molecular flexibility index (Phi) is 5.30.